The Labute approximate surface area is 106 Å². The average molecular weight is 281 g/mol. The van der Waals surface area contributed by atoms with Crippen LogP contribution in [-0.4, -0.2) is 23.1 Å². The molecule has 1 amide bonds. The molecule has 0 spiro atoms. The summed E-state index contributed by atoms with van der Waals surface area (Å²) >= 11 is 1.21. The highest BCUT2D eigenvalue weighted by atomic mass is 32.1. The van der Waals surface area contributed by atoms with E-state index in [2.05, 4.69) is 10.3 Å². The zero-order valence-corrected chi connectivity index (χ0v) is 10.7. The van der Waals surface area contributed by atoms with Crippen LogP contribution in [0.5, 0.6) is 0 Å². The van der Waals surface area contributed by atoms with Crippen molar-refractivity contribution in [3.63, 3.8) is 0 Å². The lowest BCUT2D eigenvalue weighted by Gasteiger charge is -2.14. The predicted octanol–water partition coefficient (Wildman–Crippen LogP) is 2.23. The maximum Gasteiger partial charge on any atom is 0.391 e. The third kappa shape index (κ3) is 4.61. The average Bonchev–Trinajstić information content (AvgIpc) is 2.62. The van der Waals surface area contributed by atoms with E-state index in [-0.39, 0.29) is 11.7 Å². The lowest BCUT2D eigenvalue weighted by atomic mass is 10.2. The Kier molecular flexibility index (Phi) is 4.69. The van der Waals surface area contributed by atoms with Crippen LogP contribution in [0.2, 0.25) is 0 Å². The van der Waals surface area contributed by atoms with Gasteiger partial charge in [-0.1, -0.05) is 0 Å². The molecule has 0 fully saturated rings. The van der Waals surface area contributed by atoms with E-state index in [0.29, 0.717) is 5.01 Å². The number of aromatic nitrogens is 1. The summed E-state index contributed by atoms with van der Waals surface area (Å²) in [6.45, 7) is 3.01. The Hall–Kier alpha value is -1.15. The topological polar surface area (TPSA) is 68.0 Å². The Bertz CT molecular complexity index is 417. The van der Waals surface area contributed by atoms with E-state index in [0.717, 1.165) is 0 Å². The minimum Gasteiger partial charge on any atom is -0.348 e. The molecule has 0 radical (unpaired) electrons. The third-order valence-electron chi connectivity index (χ3n) is 2.06. The largest absolute Gasteiger partial charge is 0.391 e. The van der Waals surface area contributed by atoms with Gasteiger partial charge in [0, 0.05) is 11.4 Å². The molecule has 8 heteroatoms. The fourth-order valence-electron chi connectivity index (χ4n) is 1.30. The Morgan fingerprint density at radius 2 is 2.17 bits per heavy atom. The Balaban J connectivity index is 2.59. The zero-order valence-electron chi connectivity index (χ0n) is 9.91. The lowest BCUT2D eigenvalue weighted by Crippen LogP contribution is -2.36. The van der Waals surface area contributed by atoms with E-state index in [1.54, 1.807) is 6.92 Å². The summed E-state index contributed by atoms with van der Waals surface area (Å²) in [5.74, 6) is -0.616. The van der Waals surface area contributed by atoms with Crippen LogP contribution >= 0.6 is 11.3 Å². The molecular formula is C10H14F3N3OS. The molecule has 18 heavy (non-hydrogen) atoms. The highest BCUT2D eigenvalue weighted by Gasteiger charge is 2.30. The van der Waals surface area contributed by atoms with Gasteiger partial charge in [0.2, 0.25) is 0 Å². The Morgan fingerprint density at radius 1 is 1.56 bits per heavy atom. The number of halogens is 3. The van der Waals surface area contributed by atoms with Crippen LogP contribution in [-0.2, 0) is 0 Å². The monoisotopic (exact) mass is 281 g/mol. The summed E-state index contributed by atoms with van der Waals surface area (Å²) in [5, 5.41) is 4.30. The van der Waals surface area contributed by atoms with E-state index >= 15 is 0 Å². The van der Waals surface area contributed by atoms with E-state index in [4.69, 9.17) is 5.73 Å². The summed E-state index contributed by atoms with van der Waals surface area (Å²) in [5.41, 5.74) is 5.68. The highest BCUT2D eigenvalue weighted by molar-refractivity contribution is 7.09. The van der Waals surface area contributed by atoms with Crippen molar-refractivity contribution in [3.05, 3.63) is 16.1 Å². The molecule has 1 aromatic rings. The van der Waals surface area contributed by atoms with Gasteiger partial charge >= 0.3 is 6.18 Å². The van der Waals surface area contributed by atoms with Gasteiger partial charge in [-0.25, -0.2) is 4.98 Å². The molecule has 3 N–H and O–H groups in total. The van der Waals surface area contributed by atoms with Crippen molar-refractivity contribution in [1.82, 2.24) is 10.3 Å². The SMILES string of the molecule is CC(CC(F)(F)F)NC(=O)c1csc(C(C)N)n1. The first kappa shape index (κ1) is 14.9. The molecule has 102 valence electrons. The summed E-state index contributed by atoms with van der Waals surface area (Å²) < 4.78 is 36.3. The first-order valence-electron chi connectivity index (χ1n) is 5.27. The van der Waals surface area contributed by atoms with Crippen LogP contribution in [0.4, 0.5) is 13.2 Å². The van der Waals surface area contributed by atoms with E-state index in [1.807, 2.05) is 0 Å². The van der Waals surface area contributed by atoms with Crippen LogP contribution < -0.4 is 11.1 Å². The summed E-state index contributed by atoms with van der Waals surface area (Å²) in [6.07, 6.45) is -5.37. The fourth-order valence-corrected chi connectivity index (χ4v) is 2.05. The lowest BCUT2D eigenvalue weighted by molar-refractivity contribution is -0.138. The number of rotatable bonds is 4. The van der Waals surface area contributed by atoms with Crippen molar-refractivity contribution in [2.75, 3.05) is 0 Å². The molecule has 1 rings (SSSR count). The van der Waals surface area contributed by atoms with E-state index < -0.39 is 24.5 Å². The minimum absolute atomic E-state index is 0.0984. The number of nitrogens with two attached hydrogens (primary N) is 1. The summed E-state index contributed by atoms with van der Waals surface area (Å²) in [7, 11) is 0. The molecule has 0 aliphatic heterocycles. The van der Waals surface area contributed by atoms with Crippen LogP contribution in [0.25, 0.3) is 0 Å². The predicted molar refractivity (Wildman–Crippen MR) is 62.3 cm³/mol. The molecule has 2 atom stereocenters. The molecule has 0 aliphatic carbocycles. The van der Waals surface area contributed by atoms with Crippen LogP contribution in [0.15, 0.2) is 5.38 Å². The van der Waals surface area contributed by atoms with Crippen molar-refractivity contribution < 1.29 is 18.0 Å². The van der Waals surface area contributed by atoms with Gasteiger partial charge in [0.1, 0.15) is 10.7 Å². The van der Waals surface area contributed by atoms with Gasteiger partial charge in [-0.3, -0.25) is 4.79 Å². The number of hydrogen-bond donors (Lipinski definition) is 2. The number of thiazole rings is 1. The van der Waals surface area contributed by atoms with Crippen molar-refractivity contribution in [2.45, 2.75) is 38.5 Å². The summed E-state index contributed by atoms with van der Waals surface area (Å²) in [6, 6.07) is -1.29. The van der Waals surface area contributed by atoms with Crippen molar-refractivity contribution in [3.8, 4) is 0 Å². The molecule has 0 bridgehead atoms. The van der Waals surface area contributed by atoms with Crippen LogP contribution in [0.3, 0.4) is 0 Å². The van der Waals surface area contributed by atoms with Crippen molar-refractivity contribution in [1.29, 1.82) is 0 Å². The second-order valence-electron chi connectivity index (χ2n) is 4.05. The fraction of sp³-hybridized carbons (Fsp3) is 0.600. The molecule has 1 aromatic heterocycles. The first-order valence-corrected chi connectivity index (χ1v) is 6.15. The Morgan fingerprint density at radius 3 is 2.61 bits per heavy atom. The molecule has 0 saturated heterocycles. The maximum atomic E-state index is 12.1. The second kappa shape index (κ2) is 5.66. The summed E-state index contributed by atoms with van der Waals surface area (Å²) in [4.78, 5) is 15.6. The number of alkyl halides is 3. The maximum absolute atomic E-state index is 12.1. The minimum atomic E-state index is -4.30. The molecule has 4 nitrogen and oxygen atoms in total. The molecular weight excluding hydrogens is 267 g/mol. The first-order chi connectivity index (χ1) is 8.19. The molecule has 2 unspecified atom stereocenters. The quantitative estimate of drug-likeness (QED) is 0.889. The number of amides is 1. The van der Waals surface area contributed by atoms with Gasteiger partial charge in [-0.15, -0.1) is 11.3 Å². The van der Waals surface area contributed by atoms with E-state index in [9.17, 15) is 18.0 Å². The molecule has 1 heterocycles. The van der Waals surface area contributed by atoms with Gasteiger partial charge in [-0.05, 0) is 13.8 Å². The van der Waals surface area contributed by atoms with E-state index in [1.165, 1.54) is 23.6 Å². The molecule has 0 saturated carbocycles. The van der Waals surface area contributed by atoms with Crippen molar-refractivity contribution in [2.24, 2.45) is 5.73 Å². The number of nitrogens with zero attached hydrogens (tertiary/aromatic N) is 1. The van der Waals surface area contributed by atoms with Crippen molar-refractivity contribution >= 4 is 17.2 Å². The van der Waals surface area contributed by atoms with Gasteiger partial charge in [0.15, 0.2) is 0 Å². The zero-order chi connectivity index (χ0) is 13.9. The van der Waals surface area contributed by atoms with Crippen LogP contribution in [0, 0.1) is 0 Å². The van der Waals surface area contributed by atoms with Gasteiger partial charge in [0.25, 0.3) is 5.91 Å². The standard InChI is InChI=1S/C10H14F3N3OS/c1-5(3-10(11,12)13)15-8(17)7-4-18-9(16-7)6(2)14/h4-6H,3,14H2,1-2H3,(H,15,17). The molecule has 0 aromatic carbocycles. The number of carbonyl (C=O) groups is 1. The molecule has 0 aliphatic rings. The van der Waals surface area contributed by atoms with Gasteiger partial charge in [-0.2, -0.15) is 13.2 Å². The third-order valence-corrected chi connectivity index (χ3v) is 3.10. The smallest absolute Gasteiger partial charge is 0.348 e. The van der Waals surface area contributed by atoms with Gasteiger partial charge < -0.3 is 11.1 Å². The normalized spacial score (nSPS) is 15.2. The number of carbonyl (C=O) groups excluding carboxylic acids is 1. The number of nitrogens with one attached hydrogen (secondary N) is 1. The number of hydrogen-bond acceptors (Lipinski definition) is 4. The second-order valence-corrected chi connectivity index (χ2v) is 4.94. The van der Waals surface area contributed by atoms with Crippen LogP contribution in [0.1, 0.15) is 41.8 Å². The highest BCUT2D eigenvalue weighted by Crippen LogP contribution is 2.21. The van der Waals surface area contributed by atoms with Gasteiger partial charge in [0.05, 0.1) is 12.5 Å².